The van der Waals surface area contributed by atoms with Crippen LogP contribution in [-0.4, -0.2) is 15.9 Å². The number of aromatic nitrogens is 2. The number of para-hydroxylation sites is 1. The number of hydrogen-bond donors (Lipinski definition) is 2. The van der Waals surface area contributed by atoms with E-state index in [4.69, 9.17) is 11.6 Å². The maximum atomic E-state index is 12.4. The summed E-state index contributed by atoms with van der Waals surface area (Å²) in [5, 5.41) is 9.22. The van der Waals surface area contributed by atoms with Crippen LogP contribution in [0.5, 0.6) is 0 Å². The van der Waals surface area contributed by atoms with E-state index in [1.807, 2.05) is 29.6 Å². The van der Waals surface area contributed by atoms with Crippen molar-refractivity contribution in [3.8, 4) is 0 Å². The van der Waals surface area contributed by atoms with Crippen LogP contribution in [0.15, 0.2) is 48.0 Å². The zero-order valence-electron chi connectivity index (χ0n) is 14.5. The van der Waals surface area contributed by atoms with E-state index in [-0.39, 0.29) is 12.3 Å². The molecule has 0 unspecified atom stereocenters. The number of halogens is 1. The highest BCUT2D eigenvalue weighted by molar-refractivity contribution is 7.13. The lowest BCUT2D eigenvalue weighted by Crippen LogP contribution is -2.16. The molecule has 3 aromatic rings. The van der Waals surface area contributed by atoms with Gasteiger partial charge in [0.1, 0.15) is 5.82 Å². The van der Waals surface area contributed by atoms with Crippen molar-refractivity contribution in [1.82, 2.24) is 9.97 Å². The smallest absolute Gasteiger partial charge is 0.230 e. The Balaban J connectivity index is 1.62. The average molecular weight is 387 g/mol. The number of hydrogen-bond acceptors (Lipinski definition) is 5. The van der Waals surface area contributed by atoms with Crippen molar-refractivity contribution in [2.45, 2.75) is 26.2 Å². The molecule has 0 aliphatic carbocycles. The van der Waals surface area contributed by atoms with Crippen molar-refractivity contribution in [3.63, 3.8) is 0 Å². The van der Waals surface area contributed by atoms with Crippen molar-refractivity contribution in [2.75, 3.05) is 10.6 Å². The highest BCUT2D eigenvalue weighted by atomic mass is 35.5. The molecule has 0 atom stereocenters. The van der Waals surface area contributed by atoms with Gasteiger partial charge in [0, 0.05) is 17.3 Å². The summed E-state index contributed by atoms with van der Waals surface area (Å²) < 4.78 is 0. The van der Waals surface area contributed by atoms with Gasteiger partial charge in [0.05, 0.1) is 17.1 Å². The molecule has 134 valence electrons. The van der Waals surface area contributed by atoms with E-state index in [0.29, 0.717) is 27.6 Å². The van der Waals surface area contributed by atoms with Crippen molar-refractivity contribution in [1.29, 1.82) is 0 Å². The number of nitrogens with zero attached hydrogens (tertiary/aromatic N) is 2. The third kappa shape index (κ3) is 4.80. The van der Waals surface area contributed by atoms with Crippen molar-refractivity contribution in [3.05, 3.63) is 64.3 Å². The first-order valence-electron chi connectivity index (χ1n) is 8.23. The van der Waals surface area contributed by atoms with Crippen molar-refractivity contribution in [2.24, 2.45) is 0 Å². The van der Waals surface area contributed by atoms with E-state index in [1.165, 1.54) is 11.3 Å². The Morgan fingerprint density at radius 3 is 2.77 bits per heavy atom. The highest BCUT2D eigenvalue weighted by Crippen LogP contribution is 2.24. The van der Waals surface area contributed by atoms with E-state index in [1.54, 1.807) is 18.3 Å². The van der Waals surface area contributed by atoms with E-state index < -0.39 is 0 Å². The van der Waals surface area contributed by atoms with Crippen LogP contribution >= 0.6 is 22.9 Å². The zero-order chi connectivity index (χ0) is 18.5. The molecule has 0 saturated heterocycles. The maximum Gasteiger partial charge on any atom is 0.230 e. The number of pyridine rings is 1. The molecule has 0 saturated carbocycles. The van der Waals surface area contributed by atoms with Gasteiger partial charge in [-0.1, -0.05) is 43.6 Å². The molecule has 2 aromatic heterocycles. The van der Waals surface area contributed by atoms with Crippen molar-refractivity contribution >= 4 is 45.5 Å². The van der Waals surface area contributed by atoms with Crippen LogP contribution in [0.1, 0.15) is 31.0 Å². The number of nitrogens with one attached hydrogen (secondary N) is 2. The minimum atomic E-state index is -0.0837. The number of carbonyl (C=O) groups is 1. The molecule has 3 rings (SSSR count). The molecular formula is C19H19ClN4OS. The second-order valence-corrected chi connectivity index (χ2v) is 7.39. The number of carbonyl (C=O) groups excluding carboxylic acids is 1. The number of amides is 1. The minimum Gasteiger partial charge on any atom is -0.325 e. The largest absolute Gasteiger partial charge is 0.325 e. The predicted molar refractivity (Wildman–Crippen MR) is 108 cm³/mol. The maximum absolute atomic E-state index is 12.4. The van der Waals surface area contributed by atoms with Crippen LogP contribution < -0.4 is 10.6 Å². The Morgan fingerprint density at radius 1 is 1.23 bits per heavy atom. The Labute approximate surface area is 161 Å². The third-order valence-electron chi connectivity index (χ3n) is 3.71. The predicted octanol–water partition coefficient (Wildman–Crippen LogP) is 5.24. The number of rotatable bonds is 6. The van der Waals surface area contributed by atoms with E-state index in [9.17, 15) is 4.79 Å². The Bertz CT molecular complexity index is 893. The summed E-state index contributed by atoms with van der Waals surface area (Å²) in [6.45, 7) is 4.21. The Kier molecular flexibility index (Phi) is 5.85. The molecule has 0 spiro atoms. The van der Waals surface area contributed by atoms with Crippen LogP contribution in [0.3, 0.4) is 0 Å². The first-order valence-corrected chi connectivity index (χ1v) is 9.49. The van der Waals surface area contributed by atoms with Crippen LogP contribution in [0.2, 0.25) is 5.02 Å². The summed E-state index contributed by atoms with van der Waals surface area (Å²) in [5.74, 6) is 0.915. The summed E-state index contributed by atoms with van der Waals surface area (Å²) in [6.07, 6.45) is 1.79. The lowest BCUT2D eigenvalue weighted by Gasteiger charge is -2.13. The van der Waals surface area contributed by atoms with Crippen LogP contribution in [0, 0.1) is 0 Å². The molecule has 1 amide bonds. The third-order valence-corrected chi connectivity index (χ3v) is 4.74. The number of thiazole rings is 1. The van der Waals surface area contributed by atoms with E-state index in [2.05, 4.69) is 34.4 Å². The summed E-state index contributed by atoms with van der Waals surface area (Å²) in [6, 6.07) is 11.4. The second-order valence-electron chi connectivity index (χ2n) is 6.10. The van der Waals surface area contributed by atoms with Crippen molar-refractivity contribution < 1.29 is 4.79 Å². The molecule has 0 bridgehead atoms. The van der Waals surface area contributed by atoms with Gasteiger partial charge < -0.3 is 10.6 Å². The monoisotopic (exact) mass is 386 g/mol. The topological polar surface area (TPSA) is 66.9 Å². The van der Waals surface area contributed by atoms with Gasteiger partial charge in [0.15, 0.2) is 5.13 Å². The molecular weight excluding hydrogens is 368 g/mol. The van der Waals surface area contributed by atoms with Gasteiger partial charge >= 0.3 is 0 Å². The van der Waals surface area contributed by atoms with Gasteiger partial charge in [-0.3, -0.25) is 4.79 Å². The summed E-state index contributed by atoms with van der Waals surface area (Å²) in [4.78, 5) is 21.0. The quantitative estimate of drug-likeness (QED) is 0.608. The van der Waals surface area contributed by atoms with E-state index in [0.717, 1.165) is 11.3 Å². The fourth-order valence-corrected chi connectivity index (χ4v) is 3.31. The zero-order valence-corrected chi connectivity index (χ0v) is 16.1. The first kappa shape index (κ1) is 18.4. The van der Waals surface area contributed by atoms with Gasteiger partial charge in [-0.2, -0.15) is 0 Å². The molecule has 26 heavy (non-hydrogen) atoms. The number of benzene rings is 1. The average Bonchev–Trinajstić information content (AvgIpc) is 3.04. The molecule has 2 heterocycles. The molecule has 7 heteroatoms. The molecule has 0 aliphatic rings. The second kappa shape index (κ2) is 8.29. The van der Waals surface area contributed by atoms with Crippen LogP contribution in [-0.2, 0) is 11.2 Å². The molecule has 0 radical (unpaired) electrons. The fourth-order valence-electron chi connectivity index (χ4n) is 2.48. The number of anilines is 3. The molecule has 5 nitrogen and oxygen atoms in total. The molecule has 0 aliphatic heterocycles. The SMILES string of the molecule is CC(C)c1ccccc1NC(=O)Cc1csc(Nc2ccc(Cl)cn2)n1. The van der Waals surface area contributed by atoms with E-state index >= 15 is 0 Å². The molecule has 2 N–H and O–H groups in total. The Morgan fingerprint density at radius 2 is 2.04 bits per heavy atom. The molecule has 0 fully saturated rings. The van der Waals surface area contributed by atoms with Crippen LogP contribution in [0.25, 0.3) is 0 Å². The van der Waals surface area contributed by atoms with Crippen LogP contribution in [0.4, 0.5) is 16.6 Å². The summed E-state index contributed by atoms with van der Waals surface area (Å²) in [7, 11) is 0. The molecule has 1 aromatic carbocycles. The fraction of sp³-hybridized carbons (Fsp3) is 0.211. The standard InChI is InChI=1S/C19H19ClN4OS/c1-12(2)15-5-3-4-6-16(15)23-18(25)9-14-11-26-19(22-14)24-17-8-7-13(20)10-21-17/h3-8,10-12H,9H2,1-2H3,(H,23,25)(H,21,22,24). The highest BCUT2D eigenvalue weighted by Gasteiger charge is 2.12. The van der Waals surface area contributed by atoms with Gasteiger partial charge in [0.25, 0.3) is 0 Å². The Hall–Kier alpha value is -2.44. The lowest BCUT2D eigenvalue weighted by atomic mass is 10.0. The first-order chi connectivity index (χ1) is 12.5. The van der Waals surface area contributed by atoms with Gasteiger partial charge in [-0.15, -0.1) is 11.3 Å². The summed E-state index contributed by atoms with van der Waals surface area (Å²) in [5.41, 5.74) is 2.69. The van der Waals surface area contributed by atoms with Gasteiger partial charge in [0.2, 0.25) is 5.91 Å². The normalized spacial score (nSPS) is 10.8. The lowest BCUT2D eigenvalue weighted by molar-refractivity contribution is -0.115. The van der Waals surface area contributed by atoms with Gasteiger partial charge in [-0.25, -0.2) is 9.97 Å². The van der Waals surface area contributed by atoms with Gasteiger partial charge in [-0.05, 0) is 29.7 Å². The summed E-state index contributed by atoms with van der Waals surface area (Å²) >= 11 is 7.26. The minimum absolute atomic E-state index is 0.0837.